The predicted octanol–water partition coefficient (Wildman–Crippen LogP) is 9.67. The molecule has 3 heteroatoms. The molecule has 0 amide bonds. The molecule has 3 nitrogen and oxygen atoms in total. The van der Waals surface area contributed by atoms with Gasteiger partial charge < -0.3 is 0 Å². The SMILES string of the molecule is Cc1cc(-c2nc(-c3ccc(-c4ccccc4)cc3)nc(-c3cccc4ccccc34)n2)ccc1-c1ccccc1. The summed E-state index contributed by atoms with van der Waals surface area (Å²) in [4.78, 5) is 15.1. The number of hydrogen-bond acceptors (Lipinski definition) is 3. The molecule has 6 aromatic carbocycles. The van der Waals surface area contributed by atoms with Gasteiger partial charge >= 0.3 is 0 Å². The molecule has 0 aliphatic heterocycles. The van der Waals surface area contributed by atoms with Crippen LogP contribution in [0.4, 0.5) is 0 Å². The molecule has 41 heavy (non-hydrogen) atoms. The summed E-state index contributed by atoms with van der Waals surface area (Å²) in [5.41, 5.74) is 8.82. The molecule has 1 aromatic heterocycles. The summed E-state index contributed by atoms with van der Waals surface area (Å²) in [5.74, 6) is 1.98. The summed E-state index contributed by atoms with van der Waals surface area (Å²) >= 11 is 0. The Hall–Kier alpha value is -5.41. The maximum atomic E-state index is 5.04. The van der Waals surface area contributed by atoms with Gasteiger partial charge in [0.1, 0.15) is 0 Å². The van der Waals surface area contributed by atoms with Gasteiger partial charge in [0.25, 0.3) is 0 Å². The Morgan fingerprint density at radius 3 is 1.63 bits per heavy atom. The second kappa shape index (κ2) is 10.6. The van der Waals surface area contributed by atoms with Crippen molar-refractivity contribution in [3.05, 3.63) is 151 Å². The van der Waals surface area contributed by atoms with Gasteiger partial charge in [-0.3, -0.25) is 0 Å². The molecule has 7 rings (SSSR count). The van der Waals surface area contributed by atoms with Gasteiger partial charge in [0.15, 0.2) is 17.5 Å². The van der Waals surface area contributed by atoms with Crippen molar-refractivity contribution in [2.24, 2.45) is 0 Å². The first-order chi connectivity index (χ1) is 20.2. The van der Waals surface area contributed by atoms with E-state index in [1.165, 1.54) is 22.3 Å². The summed E-state index contributed by atoms with van der Waals surface area (Å²) in [5, 5.41) is 2.27. The normalized spacial score (nSPS) is 11.0. The molecule has 0 aliphatic rings. The van der Waals surface area contributed by atoms with Gasteiger partial charge in [-0.1, -0.05) is 140 Å². The van der Waals surface area contributed by atoms with Crippen LogP contribution in [0.15, 0.2) is 146 Å². The van der Waals surface area contributed by atoms with Crippen molar-refractivity contribution in [3.8, 4) is 56.4 Å². The van der Waals surface area contributed by atoms with E-state index in [2.05, 4.69) is 140 Å². The third-order valence-corrected chi connectivity index (χ3v) is 7.49. The summed E-state index contributed by atoms with van der Waals surface area (Å²) in [6.07, 6.45) is 0. The van der Waals surface area contributed by atoms with Crippen LogP contribution >= 0.6 is 0 Å². The zero-order valence-electron chi connectivity index (χ0n) is 22.7. The minimum absolute atomic E-state index is 0.655. The van der Waals surface area contributed by atoms with Gasteiger partial charge in [-0.05, 0) is 51.6 Å². The fourth-order valence-corrected chi connectivity index (χ4v) is 5.36. The molecule has 0 bridgehead atoms. The summed E-state index contributed by atoms with van der Waals surface area (Å²) < 4.78 is 0. The maximum Gasteiger partial charge on any atom is 0.164 e. The molecular weight excluding hydrogens is 498 g/mol. The van der Waals surface area contributed by atoms with Gasteiger partial charge in [0, 0.05) is 16.7 Å². The van der Waals surface area contributed by atoms with Crippen molar-refractivity contribution in [2.75, 3.05) is 0 Å². The molecule has 0 aliphatic carbocycles. The quantitative estimate of drug-likeness (QED) is 0.224. The first-order valence-corrected chi connectivity index (χ1v) is 13.8. The summed E-state index contributed by atoms with van der Waals surface area (Å²) in [6.45, 7) is 2.14. The lowest BCUT2D eigenvalue weighted by atomic mass is 9.98. The molecule has 0 N–H and O–H groups in total. The minimum atomic E-state index is 0.655. The van der Waals surface area contributed by atoms with E-state index in [-0.39, 0.29) is 0 Å². The molecule has 1 heterocycles. The third kappa shape index (κ3) is 4.90. The minimum Gasteiger partial charge on any atom is -0.208 e. The van der Waals surface area contributed by atoms with Crippen molar-refractivity contribution in [2.45, 2.75) is 6.92 Å². The predicted molar refractivity (Wildman–Crippen MR) is 169 cm³/mol. The number of nitrogens with zero attached hydrogens (tertiary/aromatic N) is 3. The Morgan fingerprint density at radius 2 is 0.902 bits per heavy atom. The van der Waals surface area contributed by atoms with Crippen LogP contribution in [0.3, 0.4) is 0 Å². The lowest BCUT2D eigenvalue weighted by Gasteiger charge is -2.12. The first kappa shape index (κ1) is 24.6. The molecule has 194 valence electrons. The third-order valence-electron chi connectivity index (χ3n) is 7.49. The van der Waals surface area contributed by atoms with E-state index in [0.717, 1.165) is 33.0 Å². The van der Waals surface area contributed by atoms with Crippen LogP contribution < -0.4 is 0 Å². The van der Waals surface area contributed by atoms with Crippen molar-refractivity contribution in [3.63, 3.8) is 0 Å². The van der Waals surface area contributed by atoms with E-state index in [1.807, 2.05) is 12.1 Å². The molecule has 0 saturated carbocycles. The number of fused-ring (bicyclic) bond motifs is 1. The van der Waals surface area contributed by atoms with Crippen LogP contribution in [0.1, 0.15) is 5.56 Å². The summed E-state index contributed by atoms with van der Waals surface area (Å²) in [7, 11) is 0. The molecule has 0 saturated heterocycles. The number of hydrogen-bond donors (Lipinski definition) is 0. The topological polar surface area (TPSA) is 38.7 Å². The Labute approximate surface area is 239 Å². The van der Waals surface area contributed by atoms with E-state index in [4.69, 9.17) is 15.0 Å². The molecule has 0 atom stereocenters. The molecule has 0 fully saturated rings. The lowest BCUT2D eigenvalue weighted by molar-refractivity contribution is 1.08. The fraction of sp³-hybridized carbons (Fsp3) is 0.0263. The Bertz CT molecular complexity index is 1970. The number of aryl methyl sites for hydroxylation is 1. The zero-order valence-corrected chi connectivity index (χ0v) is 22.7. The highest BCUT2D eigenvalue weighted by atomic mass is 15.0. The second-order valence-electron chi connectivity index (χ2n) is 10.2. The van der Waals surface area contributed by atoms with Crippen molar-refractivity contribution in [1.29, 1.82) is 0 Å². The highest BCUT2D eigenvalue weighted by Crippen LogP contribution is 2.32. The molecule has 0 spiro atoms. The first-order valence-electron chi connectivity index (χ1n) is 13.8. The van der Waals surface area contributed by atoms with Crippen LogP contribution in [0.2, 0.25) is 0 Å². The zero-order chi connectivity index (χ0) is 27.6. The monoisotopic (exact) mass is 525 g/mol. The molecular formula is C38H27N3. The average molecular weight is 526 g/mol. The molecule has 0 radical (unpaired) electrons. The Morgan fingerprint density at radius 1 is 0.366 bits per heavy atom. The standard InChI is InChI=1S/C38H27N3/c1-26-25-32(23-24-33(26)29-13-6-3-7-14-29)37-39-36(31-21-19-28(20-22-31)27-11-4-2-5-12-27)40-38(41-37)35-18-10-16-30-15-8-9-17-34(30)35/h2-25H,1H3. The highest BCUT2D eigenvalue weighted by molar-refractivity contribution is 5.95. The average Bonchev–Trinajstić information content (AvgIpc) is 3.05. The maximum absolute atomic E-state index is 5.04. The van der Waals surface area contributed by atoms with Gasteiger partial charge in [0.2, 0.25) is 0 Å². The van der Waals surface area contributed by atoms with E-state index in [9.17, 15) is 0 Å². The Balaban J connectivity index is 1.37. The van der Waals surface area contributed by atoms with Crippen molar-refractivity contribution in [1.82, 2.24) is 15.0 Å². The van der Waals surface area contributed by atoms with E-state index < -0.39 is 0 Å². The van der Waals surface area contributed by atoms with Crippen LogP contribution in [0.25, 0.3) is 67.2 Å². The van der Waals surface area contributed by atoms with Gasteiger partial charge in [0.05, 0.1) is 0 Å². The van der Waals surface area contributed by atoms with E-state index in [0.29, 0.717) is 17.5 Å². The van der Waals surface area contributed by atoms with Crippen LogP contribution in [0, 0.1) is 6.92 Å². The largest absolute Gasteiger partial charge is 0.208 e. The van der Waals surface area contributed by atoms with Crippen LogP contribution in [-0.2, 0) is 0 Å². The highest BCUT2D eigenvalue weighted by Gasteiger charge is 2.15. The smallest absolute Gasteiger partial charge is 0.164 e. The number of rotatable bonds is 5. The number of benzene rings is 6. The van der Waals surface area contributed by atoms with E-state index in [1.54, 1.807) is 0 Å². The van der Waals surface area contributed by atoms with Gasteiger partial charge in [-0.15, -0.1) is 0 Å². The lowest BCUT2D eigenvalue weighted by Crippen LogP contribution is -2.01. The van der Waals surface area contributed by atoms with E-state index >= 15 is 0 Å². The Kier molecular flexibility index (Phi) is 6.38. The van der Waals surface area contributed by atoms with Crippen LogP contribution in [-0.4, -0.2) is 15.0 Å². The summed E-state index contributed by atoms with van der Waals surface area (Å²) in [6, 6.07) is 50.4. The molecule has 0 unspecified atom stereocenters. The second-order valence-corrected chi connectivity index (χ2v) is 10.2. The van der Waals surface area contributed by atoms with Crippen molar-refractivity contribution >= 4 is 10.8 Å². The molecule has 7 aromatic rings. The van der Waals surface area contributed by atoms with Crippen molar-refractivity contribution < 1.29 is 0 Å². The van der Waals surface area contributed by atoms with Gasteiger partial charge in [-0.25, -0.2) is 15.0 Å². The van der Waals surface area contributed by atoms with Gasteiger partial charge in [-0.2, -0.15) is 0 Å². The number of aromatic nitrogens is 3. The van der Waals surface area contributed by atoms with Crippen LogP contribution in [0.5, 0.6) is 0 Å². The fourth-order valence-electron chi connectivity index (χ4n) is 5.36.